The van der Waals surface area contributed by atoms with E-state index >= 15 is 0 Å². The molecule has 0 aliphatic heterocycles. The van der Waals surface area contributed by atoms with E-state index in [1.165, 1.54) is 12.8 Å². The van der Waals surface area contributed by atoms with Gasteiger partial charge in [-0.3, -0.25) is 4.79 Å². The first kappa shape index (κ1) is 18.8. The summed E-state index contributed by atoms with van der Waals surface area (Å²) in [5.74, 6) is 1.77. The number of amides is 1. The number of nitrogens with one attached hydrogen (secondary N) is 2. The molecule has 0 bridgehead atoms. The summed E-state index contributed by atoms with van der Waals surface area (Å²) in [4.78, 5) is 13.1. The predicted molar refractivity (Wildman–Crippen MR) is 116 cm³/mol. The number of tetrazole rings is 1. The zero-order chi connectivity index (χ0) is 20.7. The van der Waals surface area contributed by atoms with Gasteiger partial charge >= 0.3 is 0 Å². The topological polar surface area (TPSA) is 97.7 Å². The normalized spacial score (nSPS) is 13.5. The minimum atomic E-state index is -0.217. The fourth-order valence-corrected chi connectivity index (χ4v) is 3.76. The summed E-state index contributed by atoms with van der Waals surface area (Å²) in [6.07, 6.45) is 2.50. The number of benzene rings is 2. The number of nitrogens with zero attached hydrogens (tertiary/aromatic N) is 4. The number of ether oxygens (including phenoxy) is 1. The summed E-state index contributed by atoms with van der Waals surface area (Å²) in [6, 6.07) is 13.3. The van der Waals surface area contributed by atoms with Gasteiger partial charge in [-0.2, -0.15) is 0 Å². The van der Waals surface area contributed by atoms with Gasteiger partial charge in [0.05, 0.1) is 17.8 Å². The second kappa shape index (κ2) is 7.56. The second-order valence-electron chi connectivity index (χ2n) is 7.46. The first-order valence-corrected chi connectivity index (χ1v) is 10.4. The van der Waals surface area contributed by atoms with Crippen LogP contribution in [0.25, 0.3) is 22.3 Å². The van der Waals surface area contributed by atoms with Crippen LogP contribution in [0.5, 0.6) is 5.75 Å². The number of hydrogen-bond donors (Lipinski definition) is 2. The van der Waals surface area contributed by atoms with Crippen LogP contribution in [0.3, 0.4) is 0 Å². The van der Waals surface area contributed by atoms with Crippen molar-refractivity contribution >= 4 is 38.4 Å². The molecule has 2 heterocycles. The molecular formula is C21H19BrN6O2. The van der Waals surface area contributed by atoms with E-state index in [1.807, 2.05) is 54.1 Å². The van der Waals surface area contributed by atoms with Crippen LogP contribution in [0.15, 0.2) is 46.9 Å². The molecule has 0 atom stereocenters. The summed E-state index contributed by atoms with van der Waals surface area (Å²) >= 11 is 3.45. The molecule has 0 saturated heterocycles. The van der Waals surface area contributed by atoms with Crippen molar-refractivity contribution in [2.24, 2.45) is 13.0 Å². The van der Waals surface area contributed by atoms with Crippen molar-refractivity contribution in [1.82, 2.24) is 25.2 Å². The molecule has 8 nitrogen and oxygen atoms in total. The van der Waals surface area contributed by atoms with E-state index in [1.54, 1.807) is 0 Å². The Morgan fingerprint density at radius 3 is 2.90 bits per heavy atom. The molecule has 9 heteroatoms. The molecule has 0 spiro atoms. The minimum Gasteiger partial charge on any atom is -0.493 e. The molecule has 1 aliphatic rings. The highest BCUT2D eigenvalue weighted by atomic mass is 79.9. The quantitative estimate of drug-likeness (QED) is 0.444. The zero-order valence-electron chi connectivity index (χ0n) is 16.2. The molecule has 1 saturated carbocycles. The third kappa shape index (κ3) is 3.68. The van der Waals surface area contributed by atoms with E-state index in [0.717, 1.165) is 27.7 Å². The number of halogens is 1. The third-order valence-electron chi connectivity index (χ3n) is 5.26. The van der Waals surface area contributed by atoms with Crippen LogP contribution in [-0.2, 0) is 7.05 Å². The molecule has 0 radical (unpaired) electrons. The van der Waals surface area contributed by atoms with E-state index in [9.17, 15) is 4.79 Å². The lowest BCUT2D eigenvalue weighted by atomic mass is 10.1. The van der Waals surface area contributed by atoms with Crippen molar-refractivity contribution in [3.05, 3.63) is 52.6 Å². The van der Waals surface area contributed by atoms with E-state index in [-0.39, 0.29) is 5.91 Å². The SMILES string of the molecule is Cn1c(C(=O)Nc2ccc(Br)cc2-c2nnn[nH]2)cc2ccc(OCC3CC3)cc21. The van der Waals surface area contributed by atoms with Gasteiger partial charge < -0.3 is 14.6 Å². The predicted octanol–water partition coefficient (Wildman–Crippen LogP) is 4.16. The van der Waals surface area contributed by atoms with Crippen LogP contribution in [0.2, 0.25) is 0 Å². The zero-order valence-corrected chi connectivity index (χ0v) is 17.8. The lowest BCUT2D eigenvalue weighted by Crippen LogP contribution is -2.16. The number of fused-ring (bicyclic) bond motifs is 1. The summed E-state index contributed by atoms with van der Waals surface area (Å²) in [5, 5.41) is 17.9. The maximum Gasteiger partial charge on any atom is 0.272 e. The lowest BCUT2D eigenvalue weighted by molar-refractivity contribution is 0.102. The molecule has 1 amide bonds. The largest absolute Gasteiger partial charge is 0.493 e. The Morgan fingerprint density at radius 2 is 2.13 bits per heavy atom. The number of H-pyrrole nitrogens is 1. The van der Waals surface area contributed by atoms with Crippen molar-refractivity contribution in [2.45, 2.75) is 12.8 Å². The standard InChI is InChI=1S/C21H19BrN6O2/c1-28-18-10-15(30-11-12-2-3-12)6-4-13(18)8-19(28)21(29)23-17-7-5-14(22)9-16(17)20-24-26-27-25-20/h4-10,12H,2-3,11H2,1H3,(H,23,29)(H,24,25,26,27). The third-order valence-corrected chi connectivity index (χ3v) is 5.76. The average molecular weight is 467 g/mol. The van der Waals surface area contributed by atoms with Crippen LogP contribution in [0.1, 0.15) is 23.3 Å². The Kier molecular flexibility index (Phi) is 4.74. The number of aromatic amines is 1. The first-order chi connectivity index (χ1) is 14.6. The van der Waals surface area contributed by atoms with Crippen molar-refractivity contribution < 1.29 is 9.53 Å². The van der Waals surface area contributed by atoms with Crippen molar-refractivity contribution in [1.29, 1.82) is 0 Å². The maximum atomic E-state index is 13.1. The number of hydrogen-bond acceptors (Lipinski definition) is 5. The Bertz CT molecular complexity index is 1230. The summed E-state index contributed by atoms with van der Waals surface area (Å²) in [5.41, 5.74) is 2.80. The summed E-state index contributed by atoms with van der Waals surface area (Å²) in [6.45, 7) is 0.756. The molecule has 1 aliphatic carbocycles. The van der Waals surface area contributed by atoms with Gasteiger partial charge in [-0.15, -0.1) is 5.10 Å². The molecule has 1 fully saturated rings. The van der Waals surface area contributed by atoms with Gasteiger partial charge in [0, 0.05) is 28.5 Å². The lowest BCUT2D eigenvalue weighted by Gasteiger charge is -2.11. The molecule has 152 valence electrons. The van der Waals surface area contributed by atoms with Crippen LogP contribution < -0.4 is 10.1 Å². The molecule has 0 unspecified atom stereocenters. The van der Waals surface area contributed by atoms with Gasteiger partial charge in [-0.25, -0.2) is 5.10 Å². The van der Waals surface area contributed by atoms with E-state index in [0.29, 0.717) is 28.7 Å². The first-order valence-electron chi connectivity index (χ1n) is 9.66. The van der Waals surface area contributed by atoms with Gasteiger partial charge in [0.25, 0.3) is 5.91 Å². The van der Waals surface area contributed by atoms with E-state index < -0.39 is 0 Å². The number of carbonyl (C=O) groups excluding carboxylic acids is 1. The van der Waals surface area contributed by atoms with Gasteiger partial charge in [0.1, 0.15) is 11.4 Å². The monoisotopic (exact) mass is 466 g/mol. The average Bonchev–Trinajstić information content (AvgIpc) is 3.29. The Hall–Kier alpha value is -3.20. The van der Waals surface area contributed by atoms with Gasteiger partial charge in [-0.1, -0.05) is 15.9 Å². The van der Waals surface area contributed by atoms with E-state index in [2.05, 4.69) is 41.9 Å². The highest BCUT2D eigenvalue weighted by molar-refractivity contribution is 9.10. The van der Waals surface area contributed by atoms with Crippen LogP contribution in [0.4, 0.5) is 5.69 Å². The summed E-state index contributed by atoms with van der Waals surface area (Å²) < 4.78 is 8.62. The van der Waals surface area contributed by atoms with E-state index in [4.69, 9.17) is 4.74 Å². The smallest absolute Gasteiger partial charge is 0.272 e. The van der Waals surface area contributed by atoms with Gasteiger partial charge in [0.15, 0.2) is 5.82 Å². The molecule has 2 aromatic heterocycles. The maximum absolute atomic E-state index is 13.1. The van der Waals surface area contributed by atoms with Crippen LogP contribution in [-0.4, -0.2) is 37.7 Å². The summed E-state index contributed by atoms with van der Waals surface area (Å²) in [7, 11) is 1.88. The number of rotatable bonds is 6. The fourth-order valence-electron chi connectivity index (χ4n) is 3.40. The minimum absolute atomic E-state index is 0.217. The number of anilines is 1. The Balaban J connectivity index is 1.43. The molecule has 2 N–H and O–H groups in total. The molecule has 4 aromatic rings. The highest BCUT2D eigenvalue weighted by Gasteiger charge is 2.22. The molecule has 2 aromatic carbocycles. The fraction of sp³-hybridized carbons (Fsp3) is 0.238. The van der Waals surface area contributed by atoms with Crippen molar-refractivity contribution in [3.63, 3.8) is 0 Å². The number of carbonyl (C=O) groups is 1. The second-order valence-corrected chi connectivity index (χ2v) is 8.37. The molecule has 30 heavy (non-hydrogen) atoms. The Labute approximate surface area is 180 Å². The Morgan fingerprint density at radius 1 is 1.27 bits per heavy atom. The van der Waals surface area contributed by atoms with Crippen LogP contribution in [0, 0.1) is 5.92 Å². The number of aromatic nitrogens is 5. The molecular weight excluding hydrogens is 448 g/mol. The van der Waals surface area contributed by atoms with Crippen LogP contribution >= 0.6 is 15.9 Å². The molecule has 5 rings (SSSR count). The van der Waals surface area contributed by atoms with Crippen molar-refractivity contribution in [2.75, 3.05) is 11.9 Å². The van der Waals surface area contributed by atoms with Gasteiger partial charge in [0.2, 0.25) is 0 Å². The van der Waals surface area contributed by atoms with Crippen molar-refractivity contribution in [3.8, 4) is 17.1 Å². The highest BCUT2D eigenvalue weighted by Crippen LogP contribution is 2.32. The number of aryl methyl sites for hydroxylation is 1. The van der Waals surface area contributed by atoms with Gasteiger partial charge in [-0.05, 0) is 65.6 Å².